The lowest BCUT2D eigenvalue weighted by atomic mass is 10.9. The summed E-state index contributed by atoms with van der Waals surface area (Å²) < 4.78 is 20.1. The third-order valence-corrected chi connectivity index (χ3v) is 6.30. The van der Waals surface area contributed by atoms with Crippen molar-refractivity contribution >= 4 is 35.3 Å². The molecule has 0 atom stereocenters. The molecule has 0 aliphatic carbocycles. The predicted octanol–water partition coefficient (Wildman–Crippen LogP) is 0.963. The van der Waals surface area contributed by atoms with Crippen LogP contribution in [-0.2, 0) is 31.8 Å². The minimum atomic E-state index is -4.11. The second-order valence-corrected chi connectivity index (χ2v) is 11.1. The zero-order valence-electron chi connectivity index (χ0n) is 11.4. The molecule has 0 saturated carbocycles. The molecule has 0 heterocycles. The molecule has 18 heavy (non-hydrogen) atoms. The molecule has 104 valence electrons. The minimum absolute atomic E-state index is 0.748. The average molecular weight is 294 g/mol. The van der Waals surface area contributed by atoms with Gasteiger partial charge in [-0.15, -0.1) is 0 Å². The van der Waals surface area contributed by atoms with Crippen molar-refractivity contribution < 1.29 is 31.8 Å². The molecule has 0 fully saturated rings. The first-order chi connectivity index (χ1) is 7.96. The van der Waals surface area contributed by atoms with Crippen LogP contribution in [0.4, 0.5) is 0 Å². The van der Waals surface area contributed by atoms with Crippen LogP contribution in [0.5, 0.6) is 0 Å². The highest BCUT2D eigenvalue weighted by molar-refractivity contribution is 6.79. The fourth-order valence-corrected chi connectivity index (χ4v) is 5.71. The molecule has 0 aromatic carbocycles. The quantitative estimate of drug-likeness (QED) is 0.698. The average Bonchev–Trinajstić information content (AvgIpc) is 1.92. The molecule has 0 rings (SSSR count). The van der Waals surface area contributed by atoms with Crippen LogP contribution in [0.15, 0.2) is 0 Å². The van der Waals surface area contributed by atoms with Gasteiger partial charge < -0.3 is 17.4 Å². The number of hydrogen-bond acceptors (Lipinski definition) is 7. The van der Waals surface area contributed by atoms with E-state index in [4.69, 9.17) is 17.4 Å². The van der Waals surface area contributed by atoms with Gasteiger partial charge in [0.25, 0.3) is 17.9 Å². The Bertz CT molecular complexity index is 307. The van der Waals surface area contributed by atoms with Crippen LogP contribution in [0.1, 0.15) is 20.8 Å². The zero-order chi connectivity index (χ0) is 14.6. The summed E-state index contributed by atoms with van der Waals surface area (Å²) in [4.78, 5) is 33.2. The largest absolute Gasteiger partial charge is 0.888 e. The van der Waals surface area contributed by atoms with Gasteiger partial charge in [0, 0.05) is 20.8 Å². The van der Waals surface area contributed by atoms with E-state index < -0.39 is 35.3 Å². The summed E-state index contributed by atoms with van der Waals surface area (Å²) in [6.07, 6.45) is 0. The predicted molar refractivity (Wildman–Crippen MR) is 65.5 cm³/mol. The summed E-state index contributed by atoms with van der Waals surface area (Å²) in [5, 5.41) is 0. The Morgan fingerprint density at radius 3 is 1.17 bits per heavy atom. The number of rotatable bonds is 5. The van der Waals surface area contributed by atoms with Gasteiger partial charge in [-0.25, -0.2) is 0 Å². The van der Waals surface area contributed by atoms with Crippen LogP contribution in [-0.4, -0.2) is 35.3 Å². The van der Waals surface area contributed by atoms with Crippen molar-refractivity contribution in [3.63, 3.8) is 0 Å². The number of carbonyl (C=O) groups is 3. The van der Waals surface area contributed by atoms with Gasteiger partial charge in [-0.1, -0.05) is 0 Å². The lowest BCUT2D eigenvalue weighted by Gasteiger charge is -2.29. The van der Waals surface area contributed by atoms with E-state index in [0.717, 1.165) is 20.8 Å². The first-order valence-corrected chi connectivity index (χ1v) is 10.3. The van der Waals surface area contributed by atoms with Crippen molar-refractivity contribution in [1.82, 2.24) is 0 Å². The van der Waals surface area contributed by atoms with Gasteiger partial charge in [0.1, 0.15) is 0 Å². The normalized spacial score (nSPS) is 11.7. The lowest BCUT2D eigenvalue weighted by Crippen LogP contribution is -2.57. The van der Waals surface area contributed by atoms with Gasteiger partial charge in [0.15, 0.2) is 8.32 Å². The van der Waals surface area contributed by atoms with Crippen LogP contribution >= 0.6 is 0 Å². The molecule has 0 aliphatic rings. The van der Waals surface area contributed by atoms with Crippen molar-refractivity contribution in [2.24, 2.45) is 0 Å². The molecule has 0 aromatic rings. The SMILES string of the molecule is CC(=O)O[Si](OC(C)=O)(OC(C)=O)O[Si](C)(C)C. The highest BCUT2D eigenvalue weighted by Crippen LogP contribution is 2.19. The summed E-state index contributed by atoms with van der Waals surface area (Å²) in [7, 11) is -6.37. The third kappa shape index (κ3) is 7.19. The van der Waals surface area contributed by atoms with E-state index >= 15 is 0 Å². The van der Waals surface area contributed by atoms with E-state index in [0.29, 0.717) is 0 Å². The molecule has 7 nitrogen and oxygen atoms in total. The second-order valence-electron chi connectivity index (χ2n) is 4.50. The van der Waals surface area contributed by atoms with E-state index in [9.17, 15) is 14.4 Å². The Kier molecular flexibility index (Phi) is 5.71. The van der Waals surface area contributed by atoms with Crippen molar-refractivity contribution in [2.75, 3.05) is 0 Å². The summed E-state index contributed by atoms with van der Waals surface area (Å²) in [5.41, 5.74) is 0. The fourth-order valence-electron chi connectivity index (χ4n) is 1.03. The van der Waals surface area contributed by atoms with Gasteiger partial charge in [0.05, 0.1) is 0 Å². The van der Waals surface area contributed by atoms with Crippen LogP contribution in [0.25, 0.3) is 0 Å². The standard InChI is InChI=1S/C9H18O7Si2/c1-7(10)13-18(14-8(2)11,15-9(3)12)16-17(4,5)6/h1-6H3. The first kappa shape index (κ1) is 16.8. The minimum Gasteiger partial charge on any atom is -0.433 e. The van der Waals surface area contributed by atoms with E-state index in [1.165, 1.54) is 0 Å². The molecule has 0 amide bonds. The van der Waals surface area contributed by atoms with Gasteiger partial charge in [0.2, 0.25) is 0 Å². The molecule has 9 heteroatoms. The molecule has 0 N–H and O–H groups in total. The van der Waals surface area contributed by atoms with Crippen LogP contribution < -0.4 is 0 Å². The Morgan fingerprint density at radius 2 is 1.00 bits per heavy atom. The monoisotopic (exact) mass is 294 g/mol. The number of hydrogen-bond donors (Lipinski definition) is 0. The maximum atomic E-state index is 11.1. The second kappa shape index (κ2) is 6.11. The van der Waals surface area contributed by atoms with Crippen molar-refractivity contribution in [3.8, 4) is 0 Å². The maximum absolute atomic E-state index is 11.1. The Balaban J connectivity index is 5.29. The Labute approximate surface area is 108 Å². The zero-order valence-corrected chi connectivity index (χ0v) is 13.4. The smallest absolute Gasteiger partial charge is 0.433 e. The summed E-state index contributed by atoms with van der Waals surface area (Å²) in [5.74, 6) is -2.24. The van der Waals surface area contributed by atoms with Gasteiger partial charge >= 0.3 is 9.05 Å². The van der Waals surface area contributed by atoms with Crippen LogP contribution in [0.2, 0.25) is 19.6 Å². The van der Waals surface area contributed by atoms with Gasteiger partial charge in [-0.2, -0.15) is 0 Å². The summed E-state index contributed by atoms with van der Waals surface area (Å²) in [6, 6.07) is 0. The highest BCUT2D eigenvalue weighted by atomic mass is 28.5. The topological polar surface area (TPSA) is 88.1 Å². The van der Waals surface area contributed by atoms with Crippen LogP contribution in [0, 0.1) is 0 Å². The molecule has 0 radical (unpaired) electrons. The molecule has 0 spiro atoms. The van der Waals surface area contributed by atoms with Crippen molar-refractivity contribution in [3.05, 3.63) is 0 Å². The van der Waals surface area contributed by atoms with E-state index in [-0.39, 0.29) is 0 Å². The molecular formula is C9H18O7Si2. The van der Waals surface area contributed by atoms with E-state index in [1.54, 1.807) is 19.6 Å². The molecule has 0 bridgehead atoms. The fraction of sp³-hybridized carbons (Fsp3) is 0.667. The van der Waals surface area contributed by atoms with Gasteiger partial charge in [-0.05, 0) is 19.6 Å². The first-order valence-electron chi connectivity index (χ1n) is 5.25. The third-order valence-electron chi connectivity index (χ3n) is 1.24. The number of carbonyl (C=O) groups excluding carboxylic acids is 3. The molecule has 0 aliphatic heterocycles. The maximum Gasteiger partial charge on any atom is 0.888 e. The van der Waals surface area contributed by atoms with Crippen molar-refractivity contribution in [1.29, 1.82) is 0 Å². The summed E-state index contributed by atoms with van der Waals surface area (Å²) >= 11 is 0. The van der Waals surface area contributed by atoms with Crippen LogP contribution in [0.3, 0.4) is 0 Å². The Morgan fingerprint density at radius 1 is 0.722 bits per heavy atom. The molecule has 0 unspecified atom stereocenters. The van der Waals surface area contributed by atoms with Gasteiger partial charge in [-0.3, -0.25) is 14.4 Å². The van der Waals surface area contributed by atoms with E-state index in [1.807, 2.05) is 0 Å². The highest BCUT2D eigenvalue weighted by Gasteiger charge is 2.59. The lowest BCUT2D eigenvalue weighted by molar-refractivity contribution is -0.153. The summed E-state index contributed by atoms with van der Waals surface area (Å²) in [6.45, 7) is 8.69. The van der Waals surface area contributed by atoms with E-state index in [2.05, 4.69) is 0 Å². The Hall–Kier alpha value is -1.20. The molecular weight excluding hydrogens is 276 g/mol. The van der Waals surface area contributed by atoms with Crippen molar-refractivity contribution in [2.45, 2.75) is 40.4 Å². The molecule has 0 aromatic heterocycles. The molecule has 0 saturated heterocycles.